The number of carbonyl (C=O) groups is 1. The van der Waals surface area contributed by atoms with Crippen LogP contribution in [-0.2, 0) is 4.79 Å². The van der Waals surface area contributed by atoms with E-state index >= 15 is 0 Å². The minimum atomic E-state index is 0.146. The largest absolute Gasteiger partial charge is 0.497 e. The number of benzene rings is 2. The number of methoxy groups -OCH3 is 1. The van der Waals surface area contributed by atoms with Gasteiger partial charge in [-0.05, 0) is 60.6 Å². The molecule has 2 atom stereocenters. The molecule has 1 fully saturated rings. The normalized spacial score (nSPS) is 17.8. The minimum absolute atomic E-state index is 0.146. The molecule has 0 radical (unpaired) electrons. The maximum atomic E-state index is 11.7. The standard InChI is InChI=1S/C23H25NO2/c1-3-7-23(25)24-16-19-14-21(19)22-15-20(26-2)13-12-18(22)11-10-17-8-5-4-6-9-17/h4-6,8-9,12-13,15,19,21H,3,7,14,16H2,1-2H3,(H,24,25)/t19-,21+/m0/s1. The Kier molecular flexibility index (Phi) is 5.96. The summed E-state index contributed by atoms with van der Waals surface area (Å²) in [7, 11) is 1.68. The van der Waals surface area contributed by atoms with Crippen LogP contribution in [0.5, 0.6) is 5.75 Å². The fourth-order valence-corrected chi connectivity index (χ4v) is 3.16. The van der Waals surface area contributed by atoms with E-state index in [9.17, 15) is 4.79 Å². The number of carbonyl (C=O) groups excluding carboxylic acids is 1. The molecule has 0 aromatic heterocycles. The Morgan fingerprint density at radius 3 is 2.73 bits per heavy atom. The Morgan fingerprint density at radius 2 is 2.00 bits per heavy atom. The molecule has 0 spiro atoms. The molecule has 0 heterocycles. The van der Waals surface area contributed by atoms with Gasteiger partial charge in [0.1, 0.15) is 5.75 Å². The van der Waals surface area contributed by atoms with Crippen molar-refractivity contribution in [1.29, 1.82) is 0 Å². The van der Waals surface area contributed by atoms with E-state index < -0.39 is 0 Å². The smallest absolute Gasteiger partial charge is 0.219 e. The van der Waals surface area contributed by atoms with E-state index in [1.807, 2.05) is 49.4 Å². The second-order valence-electron chi connectivity index (χ2n) is 6.73. The van der Waals surface area contributed by atoms with Crippen LogP contribution in [0.25, 0.3) is 0 Å². The molecule has 1 saturated carbocycles. The van der Waals surface area contributed by atoms with Crippen molar-refractivity contribution < 1.29 is 9.53 Å². The van der Waals surface area contributed by atoms with Gasteiger partial charge in [0.15, 0.2) is 0 Å². The molecule has 1 N–H and O–H groups in total. The summed E-state index contributed by atoms with van der Waals surface area (Å²) < 4.78 is 5.40. The first kappa shape index (κ1) is 18.1. The van der Waals surface area contributed by atoms with Crippen LogP contribution >= 0.6 is 0 Å². The highest BCUT2D eigenvalue weighted by Gasteiger charge is 2.39. The van der Waals surface area contributed by atoms with Gasteiger partial charge in [-0.1, -0.05) is 37.0 Å². The molecular weight excluding hydrogens is 322 g/mol. The molecule has 0 aliphatic heterocycles. The summed E-state index contributed by atoms with van der Waals surface area (Å²) in [6.07, 6.45) is 2.57. The molecule has 3 heteroatoms. The van der Waals surface area contributed by atoms with Crippen molar-refractivity contribution in [3.05, 3.63) is 65.2 Å². The summed E-state index contributed by atoms with van der Waals surface area (Å²) in [5.41, 5.74) is 3.28. The first-order chi connectivity index (χ1) is 12.7. The average molecular weight is 347 g/mol. The third kappa shape index (κ3) is 4.67. The van der Waals surface area contributed by atoms with Gasteiger partial charge in [0.2, 0.25) is 5.91 Å². The molecule has 0 saturated heterocycles. The van der Waals surface area contributed by atoms with Crippen LogP contribution in [0.3, 0.4) is 0 Å². The number of amides is 1. The fraction of sp³-hybridized carbons (Fsp3) is 0.348. The van der Waals surface area contributed by atoms with E-state index in [1.54, 1.807) is 7.11 Å². The molecule has 1 aliphatic rings. The molecular formula is C23H25NO2. The van der Waals surface area contributed by atoms with Gasteiger partial charge in [0.25, 0.3) is 0 Å². The lowest BCUT2D eigenvalue weighted by atomic mass is 10.0. The molecule has 0 unspecified atom stereocenters. The third-order valence-electron chi connectivity index (χ3n) is 4.73. The topological polar surface area (TPSA) is 38.3 Å². The molecule has 134 valence electrons. The molecule has 2 aromatic carbocycles. The lowest BCUT2D eigenvalue weighted by Gasteiger charge is -2.08. The molecule has 1 aliphatic carbocycles. The molecule has 3 rings (SSSR count). The van der Waals surface area contributed by atoms with Crippen LogP contribution in [-0.4, -0.2) is 19.6 Å². The van der Waals surface area contributed by atoms with E-state index in [0.717, 1.165) is 36.3 Å². The second kappa shape index (κ2) is 8.58. The zero-order valence-corrected chi connectivity index (χ0v) is 15.4. The van der Waals surface area contributed by atoms with Crippen molar-refractivity contribution >= 4 is 5.91 Å². The van der Waals surface area contributed by atoms with Crippen LogP contribution in [0.1, 0.15) is 48.8 Å². The van der Waals surface area contributed by atoms with Crippen molar-refractivity contribution in [3.63, 3.8) is 0 Å². The predicted octanol–water partition coefficient (Wildman–Crippen LogP) is 4.11. The van der Waals surface area contributed by atoms with Gasteiger partial charge in [-0.25, -0.2) is 0 Å². The van der Waals surface area contributed by atoms with E-state index in [0.29, 0.717) is 18.3 Å². The number of ether oxygens (including phenoxy) is 1. The SMILES string of the molecule is CCCC(=O)NC[C@@H]1C[C@H]1c1cc(OC)ccc1C#Cc1ccccc1. The highest BCUT2D eigenvalue weighted by atomic mass is 16.5. The monoisotopic (exact) mass is 347 g/mol. The molecule has 2 aromatic rings. The summed E-state index contributed by atoms with van der Waals surface area (Å²) in [5, 5.41) is 3.04. The lowest BCUT2D eigenvalue weighted by Crippen LogP contribution is -2.25. The summed E-state index contributed by atoms with van der Waals surface area (Å²) in [4.78, 5) is 11.7. The summed E-state index contributed by atoms with van der Waals surface area (Å²) in [6.45, 7) is 2.76. The van der Waals surface area contributed by atoms with E-state index in [-0.39, 0.29) is 5.91 Å². The first-order valence-electron chi connectivity index (χ1n) is 9.23. The average Bonchev–Trinajstić information content (AvgIpc) is 3.45. The molecule has 3 nitrogen and oxygen atoms in total. The van der Waals surface area contributed by atoms with E-state index in [2.05, 4.69) is 23.2 Å². The second-order valence-corrected chi connectivity index (χ2v) is 6.73. The van der Waals surface area contributed by atoms with E-state index in [1.165, 1.54) is 5.56 Å². The summed E-state index contributed by atoms with van der Waals surface area (Å²) >= 11 is 0. The number of hydrogen-bond donors (Lipinski definition) is 1. The van der Waals surface area contributed by atoms with Crippen molar-refractivity contribution in [2.24, 2.45) is 5.92 Å². The van der Waals surface area contributed by atoms with Gasteiger partial charge >= 0.3 is 0 Å². The van der Waals surface area contributed by atoms with E-state index in [4.69, 9.17) is 4.74 Å². The number of hydrogen-bond acceptors (Lipinski definition) is 2. The highest BCUT2D eigenvalue weighted by molar-refractivity contribution is 5.75. The van der Waals surface area contributed by atoms with Crippen molar-refractivity contribution in [2.75, 3.05) is 13.7 Å². The number of nitrogens with one attached hydrogen (secondary N) is 1. The van der Waals surface area contributed by atoms with Gasteiger partial charge in [-0.2, -0.15) is 0 Å². The minimum Gasteiger partial charge on any atom is -0.497 e. The van der Waals surface area contributed by atoms with Crippen molar-refractivity contribution in [3.8, 4) is 17.6 Å². The zero-order chi connectivity index (χ0) is 18.4. The van der Waals surface area contributed by atoms with Crippen LogP contribution < -0.4 is 10.1 Å². The van der Waals surface area contributed by atoms with Gasteiger partial charge in [-0.15, -0.1) is 0 Å². The van der Waals surface area contributed by atoms with Gasteiger partial charge in [0, 0.05) is 24.1 Å². The maximum absolute atomic E-state index is 11.7. The zero-order valence-electron chi connectivity index (χ0n) is 15.4. The lowest BCUT2D eigenvalue weighted by molar-refractivity contribution is -0.121. The van der Waals surface area contributed by atoms with Crippen LogP contribution in [0.2, 0.25) is 0 Å². The quantitative estimate of drug-likeness (QED) is 0.799. The van der Waals surface area contributed by atoms with Gasteiger partial charge in [0.05, 0.1) is 7.11 Å². The van der Waals surface area contributed by atoms with Crippen molar-refractivity contribution in [2.45, 2.75) is 32.1 Å². The Hall–Kier alpha value is -2.73. The Bertz CT molecular complexity index is 817. The first-order valence-corrected chi connectivity index (χ1v) is 9.23. The van der Waals surface area contributed by atoms with Crippen molar-refractivity contribution in [1.82, 2.24) is 5.32 Å². The van der Waals surface area contributed by atoms with Crippen LogP contribution in [0.4, 0.5) is 0 Å². The fourth-order valence-electron chi connectivity index (χ4n) is 3.16. The molecule has 26 heavy (non-hydrogen) atoms. The Labute approximate surface area is 155 Å². The molecule has 1 amide bonds. The predicted molar refractivity (Wildman–Crippen MR) is 104 cm³/mol. The van der Waals surface area contributed by atoms with Crippen LogP contribution in [0.15, 0.2) is 48.5 Å². The Balaban J connectivity index is 1.74. The highest BCUT2D eigenvalue weighted by Crippen LogP contribution is 2.48. The van der Waals surface area contributed by atoms with Gasteiger partial charge < -0.3 is 10.1 Å². The van der Waals surface area contributed by atoms with Crippen LogP contribution in [0, 0.1) is 17.8 Å². The third-order valence-corrected chi connectivity index (χ3v) is 4.73. The van der Waals surface area contributed by atoms with Gasteiger partial charge in [-0.3, -0.25) is 4.79 Å². The number of rotatable bonds is 6. The summed E-state index contributed by atoms with van der Waals surface area (Å²) in [5.74, 6) is 8.48. The maximum Gasteiger partial charge on any atom is 0.219 e. The molecule has 0 bridgehead atoms. The Morgan fingerprint density at radius 1 is 1.19 bits per heavy atom. The summed E-state index contributed by atoms with van der Waals surface area (Å²) in [6, 6.07) is 16.1.